The Kier molecular flexibility index (Phi) is 3.59. The van der Waals surface area contributed by atoms with Gasteiger partial charge in [0.25, 0.3) is 5.91 Å². The Morgan fingerprint density at radius 2 is 2.00 bits per heavy atom. The zero-order chi connectivity index (χ0) is 13.0. The topological polar surface area (TPSA) is 52.9 Å². The van der Waals surface area contributed by atoms with Gasteiger partial charge >= 0.3 is 0 Å². The molecule has 18 heavy (non-hydrogen) atoms. The van der Waals surface area contributed by atoms with E-state index in [9.17, 15) is 4.79 Å². The third kappa shape index (κ3) is 2.49. The van der Waals surface area contributed by atoms with Crippen molar-refractivity contribution < 1.29 is 4.79 Å². The molecule has 0 saturated carbocycles. The van der Waals surface area contributed by atoms with E-state index in [1.54, 1.807) is 6.07 Å². The normalized spacial score (nSPS) is 11.8. The first-order valence-electron chi connectivity index (χ1n) is 5.94. The molecule has 0 aliphatic heterocycles. The molecule has 3 nitrogen and oxygen atoms in total. The third-order valence-electron chi connectivity index (χ3n) is 2.88. The average Bonchev–Trinajstić information content (AvgIpc) is 2.44. The standard InChI is InChI=1S/C15H14N2O/c1-2-14(10-16)17-15(18)13-8-7-11-5-3-4-6-12(11)9-13/h3-9,14H,2H2,1H3,(H,17,18). The van der Waals surface area contributed by atoms with Crippen molar-refractivity contribution >= 4 is 16.7 Å². The van der Waals surface area contributed by atoms with Crippen LogP contribution in [-0.2, 0) is 0 Å². The number of hydrogen-bond acceptors (Lipinski definition) is 2. The van der Waals surface area contributed by atoms with E-state index in [0.29, 0.717) is 12.0 Å². The number of nitriles is 1. The van der Waals surface area contributed by atoms with Crippen molar-refractivity contribution in [2.45, 2.75) is 19.4 Å². The summed E-state index contributed by atoms with van der Waals surface area (Å²) in [5, 5.41) is 13.6. The molecule has 90 valence electrons. The van der Waals surface area contributed by atoms with Gasteiger partial charge < -0.3 is 5.32 Å². The number of benzene rings is 2. The van der Waals surface area contributed by atoms with Crippen molar-refractivity contribution in [3.63, 3.8) is 0 Å². The van der Waals surface area contributed by atoms with Gasteiger partial charge in [0.05, 0.1) is 6.07 Å². The first kappa shape index (κ1) is 12.1. The van der Waals surface area contributed by atoms with E-state index in [4.69, 9.17) is 5.26 Å². The fraction of sp³-hybridized carbons (Fsp3) is 0.200. The molecule has 0 spiro atoms. The van der Waals surface area contributed by atoms with Crippen LogP contribution >= 0.6 is 0 Å². The second-order valence-electron chi connectivity index (χ2n) is 4.13. The molecule has 0 bridgehead atoms. The van der Waals surface area contributed by atoms with Crippen LogP contribution in [0.2, 0.25) is 0 Å². The van der Waals surface area contributed by atoms with E-state index in [1.165, 1.54) is 0 Å². The van der Waals surface area contributed by atoms with Gasteiger partial charge in [-0.1, -0.05) is 37.3 Å². The highest BCUT2D eigenvalue weighted by atomic mass is 16.1. The van der Waals surface area contributed by atoms with E-state index in [1.807, 2.05) is 43.3 Å². The Bertz CT molecular complexity index is 613. The Morgan fingerprint density at radius 3 is 2.67 bits per heavy atom. The minimum absolute atomic E-state index is 0.200. The minimum Gasteiger partial charge on any atom is -0.336 e. The lowest BCUT2D eigenvalue weighted by Crippen LogP contribution is -2.33. The molecule has 1 N–H and O–H groups in total. The molecule has 1 unspecified atom stereocenters. The Morgan fingerprint density at radius 1 is 1.28 bits per heavy atom. The second kappa shape index (κ2) is 5.33. The Labute approximate surface area is 106 Å². The lowest BCUT2D eigenvalue weighted by molar-refractivity contribution is 0.0945. The van der Waals surface area contributed by atoms with Crippen molar-refractivity contribution in [3.05, 3.63) is 48.0 Å². The van der Waals surface area contributed by atoms with Gasteiger partial charge in [-0.2, -0.15) is 5.26 Å². The van der Waals surface area contributed by atoms with Crippen LogP contribution in [0.25, 0.3) is 10.8 Å². The summed E-state index contributed by atoms with van der Waals surface area (Å²) in [7, 11) is 0. The molecule has 2 aromatic rings. The highest BCUT2D eigenvalue weighted by molar-refractivity contribution is 5.98. The number of fused-ring (bicyclic) bond motifs is 1. The van der Waals surface area contributed by atoms with Crippen molar-refractivity contribution in [2.75, 3.05) is 0 Å². The minimum atomic E-state index is -0.427. The van der Waals surface area contributed by atoms with Gasteiger partial charge in [0.2, 0.25) is 0 Å². The zero-order valence-corrected chi connectivity index (χ0v) is 10.2. The lowest BCUT2D eigenvalue weighted by atomic mass is 10.1. The Balaban J connectivity index is 2.26. The Hall–Kier alpha value is -2.34. The molecule has 0 aliphatic carbocycles. The number of nitrogens with zero attached hydrogens (tertiary/aromatic N) is 1. The van der Waals surface area contributed by atoms with Crippen LogP contribution in [-0.4, -0.2) is 11.9 Å². The highest BCUT2D eigenvalue weighted by Gasteiger charge is 2.11. The van der Waals surface area contributed by atoms with Gasteiger partial charge in [0.15, 0.2) is 0 Å². The van der Waals surface area contributed by atoms with Crippen LogP contribution in [0, 0.1) is 11.3 Å². The summed E-state index contributed by atoms with van der Waals surface area (Å²) in [4.78, 5) is 12.0. The maximum atomic E-state index is 12.0. The van der Waals surface area contributed by atoms with Gasteiger partial charge in [0, 0.05) is 5.56 Å². The average molecular weight is 238 g/mol. The number of carbonyl (C=O) groups is 1. The maximum absolute atomic E-state index is 12.0. The molecular weight excluding hydrogens is 224 g/mol. The van der Waals surface area contributed by atoms with Crippen LogP contribution in [0.15, 0.2) is 42.5 Å². The molecule has 0 aromatic heterocycles. The summed E-state index contributed by atoms with van der Waals surface area (Å²) < 4.78 is 0. The first-order valence-corrected chi connectivity index (χ1v) is 5.94. The van der Waals surface area contributed by atoms with Crippen molar-refractivity contribution in [1.82, 2.24) is 5.32 Å². The fourth-order valence-corrected chi connectivity index (χ4v) is 1.80. The number of nitrogens with one attached hydrogen (secondary N) is 1. The molecular formula is C15H14N2O. The number of carbonyl (C=O) groups excluding carboxylic acids is 1. The highest BCUT2D eigenvalue weighted by Crippen LogP contribution is 2.15. The summed E-state index contributed by atoms with van der Waals surface area (Å²) in [5.41, 5.74) is 0.586. The molecule has 3 heteroatoms. The van der Waals surface area contributed by atoms with Gasteiger partial charge in [-0.3, -0.25) is 4.79 Å². The first-order chi connectivity index (χ1) is 8.74. The number of amides is 1. The molecule has 1 amide bonds. The summed E-state index contributed by atoms with van der Waals surface area (Å²) in [6, 6.07) is 15.0. The van der Waals surface area contributed by atoms with Crippen LogP contribution in [0.3, 0.4) is 0 Å². The van der Waals surface area contributed by atoms with E-state index in [0.717, 1.165) is 10.8 Å². The van der Waals surface area contributed by atoms with E-state index in [2.05, 4.69) is 11.4 Å². The molecule has 0 fully saturated rings. The molecule has 0 heterocycles. The predicted octanol–water partition coefficient (Wildman–Crippen LogP) is 2.87. The van der Waals surface area contributed by atoms with E-state index >= 15 is 0 Å². The lowest BCUT2D eigenvalue weighted by Gasteiger charge is -2.09. The van der Waals surface area contributed by atoms with Crippen LogP contribution in [0.1, 0.15) is 23.7 Å². The molecule has 0 aliphatic rings. The quantitative estimate of drug-likeness (QED) is 0.893. The number of hydrogen-bond donors (Lipinski definition) is 1. The van der Waals surface area contributed by atoms with Crippen molar-refractivity contribution in [2.24, 2.45) is 0 Å². The maximum Gasteiger partial charge on any atom is 0.252 e. The fourth-order valence-electron chi connectivity index (χ4n) is 1.80. The van der Waals surface area contributed by atoms with Gasteiger partial charge in [-0.05, 0) is 29.3 Å². The zero-order valence-electron chi connectivity index (χ0n) is 10.2. The summed E-state index contributed by atoms with van der Waals surface area (Å²) in [6.45, 7) is 1.87. The number of rotatable bonds is 3. The van der Waals surface area contributed by atoms with Crippen molar-refractivity contribution in [3.8, 4) is 6.07 Å². The van der Waals surface area contributed by atoms with Crippen LogP contribution < -0.4 is 5.32 Å². The molecule has 1 atom stereocenters. The summed E-state index contributed by atoms with van der Waals surface area (Å²) >= 11 is 0. The second-order valence-corrected chi connectivity index (χ2v) is 4.13. The van der Waals surface area contributed by atoms with E-state index in [-0.39, 0.29) is 5.91 Å². The van der Waals surface area contributed by atoms with Crippen LogP contribution in [0.5, 0.6) is 0 Å². The SMILES string of the molecule is CCC(C#N)NC(=O)c1ccc2ccccc2c1. The predicted molar refractivity (Wildman–Crippen MR) is 71.1 cm³/mol. The largest absolute Gasteiger partial charge is 0.336 e. The molecule has 2 rings (SSSR count). The van der Waals surface area contributed by atoms with Crippen molar-refractivity contribution in [1.29, 1.82) is 5.26 Å². The third-order valence-corrected chi connectivity index (χ3v) is 2.88. The van der Waals surface area contributed by atoms with Crippen LogP contribution in [0.4, 0.5) is 0 Å². The van der Waals surface area contributed by atoms with Gasteiger partial charge in [-0.15, -0.1) is 0 Å². The summed E-state index contributed by atoms with van der Waals surface area (Å²) in [5.74, 6) is -0.200. The monoisotopic (exact) mass is 238 g/mol. The molecule has 0 radical (unpaired) electrons. The smallest absolute Gasteiger partial charge is 0.252 e. The van der Waals surface area contributed by atoms with E-state index < -0.39 is 6.04 Å². The summed E-state index contributed by atoms with van der Waals surface area (Å²) in [6.07, 6.45) is 0.607. The molecule has 2 aromatic carbocycles. The van der Waals surface area contributed by atoms with Gasteiger partial charge in [-0.25, -0.2) is 0 Å². The van der Waals surface area contributed by atoms with Gasteiger partial charge in [0.1, 0.15) is 6.04 Å². The molecule has 0 saturated heterocycles.